The lowest BCUT2D eigenvalue weighted by atomic mass is 9.92. The number of anilines is 1. The van der Waals surface area contributed by atoms with E-state index in [0.717, 1.165) is 62.0 Å². The van der Waals surface area contributed by atoms with Crippen molar-refractivity contribution in [3.8, 4) is 0 Å². The zero-order valence-corrected chi connectivity index (χ0v) is 19.5. The van der Waals surface area contributed by atoms with Crippen LogP contribution in [0.2, 0.25) is 0 Å². The number of rotatable bonds is 11. The average molecular weight is 466 g/mol. The highest BCUT2D eigenvalue weighted by Gasteiger charge is 2.26. The molecule has 0 aromatic heterocycles. The molecule has 0 atom stereocenters. The van der Waals surface area contributed by atoms with E-state index < -0.39 is 0 Å². The molecule has 1 fully saturated rings. The quantitative estimate of drug-likeness (QED) is 0.345. The first kappa shape index (κ1) is 23.9. The number of halogens is 1. The van der Waals surface area contributed by atoms with Gasteiger partial charge < -0.3 is 19.9 Å². The summed E-state index contributed by atoms with van der Waals surface area (Å²) in [5, 5.41) is 2.97. The maximum atomic E-state index is 12.5. The summed E-state index contributed by atoms with van der Waals surface area (Å²) in [5.74, 6) is 0. The van der Waals surface area contributed by atoms with E-state index in [4.69, 9.17) is 4.74 Å². The number of carbonyl (C=O) groups is 1. The van der Waals surface area contributed by atoms with Gasteiger partial charge in [0.05, 0.1) is 6.10 Å². The van der Waals surface area contributed by atoms with Crippen LogP contribution in [-0.4, -0.2) is 61.8 Å². The second-order valence-corrected chi connectivity index (χ2v) is 8.88. The zero-order chi connectivity index (χ0) is 21.1. The second-order valence-electron chi connectivity index (χ2n) is 7.96. The number of urea groups is 1. The van der Waals surface area contributed by atoms with Gasteiger partial charge in [0.2, 0.25) is 0 Å². The lowest BCUT2D eigenvalue weighted by Gasteiger charge is -2.34. The lowest BCUT2D eigenvalue weighted by molar-refractivity contribution is 0.0130. The Hall–Kier alpha value is -1.37. The molecule has 0 radical (unpaired) electrons. The molecule has 1 aromatic carbocycles. The van der Waals surface area contributed by atoms with Gasteiger partial charge in [-0.1, -0.05) is 22.0 Å². The number of ether oxygens (including phenoxy) is 1. The predicted molar refractivity (Wildman–Crippen MR) is 124 cm³/mol. The smallest absolute Gasteiger partial charge is 0.321 e. The number of likely N-dealkylation sites (N-methyl/N-ethyl adjacent to an activating group) is 1. The molecule has 1 aliphatic carbocycles. The van der Waals surface area contributed by atoms with Crippen LogP contribution in [0, 0.1) is 0 Å². The number of nitrogens with zero attached hydrogens (tertiary/aromatic N) is 2. The van der Waals surface area contributed by atoms with Gasteiger partial charge >= 0.3 is 6.03 Å². The van der Waals surface area contributed by atoms with Gasteiger partial charge in [-0.05, 0) is 82.8 Å². The summed E-state index contributed by atoms with van der Waals surface area (Å²) in [5.41, 5.74) is 0.817. The number of carbonyl (C=O) groups excluding carboxylic acids is 1. The van der Waals surface area contributed by atoms with Crippen molar-refractivity contribution in [2.45, 2.75) is 57.1 Å². The summed E-state index contributed by atoms with van der Waals surface area (Å²) in [6.07, 6.45) is 9.89. The SMILES string of the molecule is C=CCN(C)CCCCCOC1CCC(N(C)C(=O)Nc2ccc(Br)cc2)CC1. The largest absolute Gasteiger partial charge is 0.378 e. The Balaban J connectivity index is 1.58. The van der Waals surface area contributed by atoms with Gasteiger partial charge in [-0.3, -0.25) is 0 Å². The van der Waals surface area contributed by atoms with Gasteiger partial charge in [0.15, 0.2) is 0 Å². The summed E-state index contributed by atoms with van der Waals surface area (Å²) < 4.78 is 7.08. The maximum Gasteiger partial charge on any atom is 0.321 e. The molecule has 2 rings (SSSR count). The van der Waals surface area contributed by atoms with Crippen molar-refractivity contribution < 1.29 is 9.53 Å². The summed E-state index contributed by atoms with van der Waals surface area (Å²) in [7, 11) is 4.02. The number of nitrogens with one attached hydrogen (secondary N) is 1. The minimum absolute atomic E-state index is 0.0434. The van der Waals surface area contributed by atoms with Crippen LogP contribution in [0.5, 0.6) is 0 Å². The Labute approximate surface area is 184 Å². The van der Waals surface area contributed by atoms with Gasteiger partial charge in [-0.25, -0.2) is 4.79 Å². The highest BCUT2D eigenvalue weighted by Crippen LogP contribution is 2.25. The standard InChI is InChI=1S/C23H36BrN3O2/c1-4-16-26(2)17-6-5-7-18-29-22-14-12-21(13-15-22)27(3)23(28)25-20-10-8-19(24)9-11-20/h4,8-11,21-22H,1,5-7,12-18H2,2-3H3,(H,25,28). The average Bonchev–Trinajstić information content (AvgIpc) is 2.72. The van der Waals surface area contributed by atoms with Crippen LogP contribution in [0.25, 0.3) is 0 Å². The van der Waals surface area contributed by atoms with E-state index in [1.165, 1.54) is 12.8 Å². The number of benzene rings is 1. The minimum atomic E-state index is -0.0434. The van der Waals surface area contributed by atoms with Crippen molar-refractivity contribution in [1.82, 2.24) is 9.80 Å². The van der Waals surface area contributed by atoms with Crippen molar-refractivity contribution in [2.24, 2.45) is 0 Å². The van der Waals surface area contributed by atoms with Gasteiger partial charge in [-0.15, -0.1) is 6.58 Å². The minimum Gasteiger partial charge on any atom is -0.378 e. The van der Waals surface area contributed by atoms with Crippen LogP contribution in [0.4, 0.5) is 10.5 Å². The molecule has 29 heavy (non-hydrogen) atoms. The van der Waals surface area contributed by atoms with Gasteiger partial charge in [0.1, 0.15) is 0 Å². The third-order valence-corrected chi connectivity index (χ3v) is 6.11. The molecule has 1 aliphatic rings. The Morgan fingerprint density at radius 3 is 2.52 bits per heavy atom. The normalized spacial score (nSPS) is 19.2. The van der Waals surface area contributed by atoms with E-state index in [9.17, 15) is 4.79 Å². The molecule has 0 saturated heterocycles. The summed E-state index contributed by atoms with van der Waals surface area (Å²) in [6.45, 7) is 6.69. The van der Waals surface area contributed by atoms with Gasteiger partial charge in [-0.2, -0.15) is 0 Å². The maximum absolute atomic E-state index is 12.5. The van der Waals surface area contributed by atoms with Crippen molar-refractivity contribution in [3.05, 3.63) is 41.4 Å². The Morgan fingerprint density at radius 1 is 1.17 bits per heavy atom. The molecule has 1 aromatic rings. The van der Waals surface area contributed by atoms with Crippen LogP contribution >= 0.6 is 15.9 Å². The molecular formula is C23H36BrN3O2. The fourth-order valence-corrected chi connectivity index (χ4v) is 4.00. The predicted octanol–water partition coefficient (Wildman–Crippen LogP) is 5.53. The summed E-state index contributed by atoms with van der Waals surface area (Å²) in [6, 6.07) is 7.90. The first-order chi connectivity index (χ1) is 14.0. The monoisotopic (exact) mass is 465 g/mol. The fourth-order valence-electron chi connectivity index (χ4n) is 3.73. The van der Waals surface area contributed by atoms with E-state index in [2.05, 4.69) is 39.8 Å². The van der Waals surface area contributed by atoms with E-state index in [0.29, 0.717) is 6.10 Å². The van der Waals surface area contributed by atoms with E-state index in [1.54, 1.807) is 0 Å². The number of unbranched alkanes of at least 4 members (excludes halogenated alkanes) is 2. The zero-order valence-electron chi connectivity index (χ0n) is 17.9. The third kappa shape index (κ3) is 8.89. The van der Waals surface area contributed by atoms with Crippen LogP contribution in [-0.2, 0) is 4.74 Å². The lowest BCUT2D eigenvalue weighted by Crippen LogP contribution is -2.42. The molecule has 0 aliphatic heterocycles. The molecule has 1 saturated carbocycles. The van der Waals surface area contributed by atoms with Crippen molar-refractivity contribution in [2.75, 3.05) is 39.1 Å². The molecule has 0 bridgehead atoms. The molecule has 6 heteroatoms. The summed E-state index contributed by atoms with van der Waals surface area (Å²) in [4.78, 5) is 16.6. The second kappa shape index (κ2) is 13.0. The van der Waals surface area contributed by atoms with Crippen LogP contribution in [0.1, 0.15) is 44.9 Å². The topological polar surface area (TPSA) is 44.8 Å². The molecule has 0 heterocycles. The Morgan fingerprint density at radius 2 is 1.86 bits per heavy atom. The van der Waals surface area contributed by atoms with Crippen LogP contribution in [0.15, 0.2) is 41.4 Å². The van der Waals surface area contributed by atoms with Gasteiger partial charge in [0.25, 0.3) is 0 Å². The molecule has 2 amide bonds. The van der Waals surface area contributed by atoms with Crippen LogP contribution < -0.4 is 5.32 Å². The van der Waals surface area contributed by atoms with E-state index in [-0.39, 0.29) is 12.1 Å². The first-order valence-corrected chi connectivity index (χ1v) is 11.5. The third-order valence-electron chi connectivity index (χ3n) is 5.59. The molecule has 5 nitrogen and oxygen atoms in total. The van der Waals surface area contributed by atoms with E-state index in [1.807, 2.05) is 42.3 Å². The molecule has 0 unspecified atom stereocenters. The molecular weight excluding hydrogens is 430 g/mol. The van der Waals surface area contributed by atoms with E-state index >= 15 is 0 Å². The first-order valence-electron chi connectivity index (χ1n) is 10.7. The molecule has 1 N–H and O–H groups in total. The van der Waals surface area contributed by atoms with Crippen LogP contribution in [0.3, 0.4) is 0 Å². The molecule has 0 spiro atoms. The van der Waals surface area contributed by atoms with Gasteiger partial charge in [0, 0.05) is 36.4 Å². The van der Waals surface area contributed by atoms with Crippen molar-refractivity contribution in [3.63, 3.8) is 0 Å². The number of hydrogen-bond donors (Lipinski definition) is 1. The highest BCUT2D eigenvalue weighted by atomic mass is 79.9. The Bertz CT molecular complexity index is 615. The Kier molecular flexibility index (Phi) is 10.7. The van der Waals surface area contributed by atoms with Crippen molar-refractivity contribution in [1.29, 1.82) is 0 Å². The number of amides is 2. The highest BCUT2D eigenvalue weighted by molar-refractivity contribution is 9.10. The fraction of sp³-hybridized carbons (Fsp3) is 0.609. The summed E-state index contributed by atoms with van der Waals surface area (Å²) >= 11 is 3.41. The number of hydrogen-bond acceptors (Lipinski definition) is 3. The van der Waals surface area contributed by atoms with Crippen molar-refractivity contribution >= 4 is 27.6 Å². The molecule has 162 valence electrons.